The summed E-state index contributed by atoms with van der Waals surface area (Å²) >= 11 is 0. The van der Waals surface area contributed by atoms with E-state index in [0.29, 0.717) is 29.0 Å². The van der Waals surface area contributed by atoms with Crippen molar-refractivity contribution in [1.29, 1.82) is 10.5 Å². The fraction of sp³-hybridized carbons (Fsp3) is 0.411. The van der Waals surface area contributed by atoms with Crippen molar-refractivity contribution in [2.24, 2.45) is 17.6 Å². The van der Waals surface area contributed by atoms with Gasteiger partial charge in [0.1, 0.15) is 18.4 Å². The number of carbonyl (C=O) groups is 1. The summed E-state index contributed by atoms with van der Waals surface area (Å²) < 4.78 is 0. The highest BCUT2D eigenvalue weighted by Gasteiger charge is 2.27. The predicted octanol–water partition coefficient (Wildman–Crippen LogP) is 7.82. The molecular weight excluding hydrogens is 892 g/mol. The van der Waals surface area contributed by atoms with Crippen molar-refractivity contribution in [2.75, 3.05) is 112 Å². The van der Waals surface area contributed by atoms with Gasteiger partial charge in [-0.1, -0.05) is 38.1 Å². The third-order valence-corrected chi connectivity index (χ3v) is 14.0. The molecule has 6 aromatic rings. The van der Waals surface area contributed by atoms with E-state index in [4.69, 9.17) is 5.73 Å². The third kappa shape index (κ3) is 12.9. The van der Waals surface area contributed by atoms with Crippen LogP contribution in [0.3, 0.4) is 0 Å². The van der Waals surface area contributed by atoms with Gasteiger partial charge in [-0.2, -0.15) is 10.5 Å². The first-order valence-electron chi connectivity index (χ1n) is 24.6. The quantitative estimate of drug-likeness (QED) is 0.143. The number of aldehydes is 1. The summed E-state index contributed by atoms with van der Waals surface area (Å²) in [7, 11) is 4.34. The van der Waals surface area contributed by atoms with Gasteiger partial charge >= 0.3 is 0 Å². The fourth-order valence-electron chi connectivity index (χ4n) is 10.4. The van der Waals surface area contributed by atoms with Crippen LogP contribution in [0, 0.1) is 34.5 Å². The van der Waals surface area contributed by atoms with E-state index >= 15 is 0 Å². The number of aromatic nitrogens is 2. The van der Waals surface area contributed by atoms with E-state index in [1.54, 1.807) is 12.4 Å². The van der Waals surface area contributed by atoms with Crippen molar-refractivity contribution in [3.8, 4) is 12.1 Å². The molecule has 13 nitrogen and oxygen atoms in total. The van der Waals surface area contributed by atoms with E-state index in [9.17, 15) is 15.3 Å². The minimum atomic E-state index is 0. The number of anilines is 4. The number of rotatable bonds is 8. The lowest BCUT2D eigenvalue weighted by Crippen LogP contribution is -2.48. The van der Waals surface area contributed by atoms with Gasteiger partial charge in [0, 0.05) is 149 Å². The van der Waals surface area contributed by atoms with Crippen LogP contribution in [0.1, 0.15) is 53.7 Å². The fourth-order valence-corrected chi connectivity index (χ4v) is 10.4. The number of carbonyl (C=O) groups excluding carboxylic acids is 1. The van der Waals surface area contributed by atoms with Gasteiger partial charge in [-0.25, -0.2) is 0 Å². The van der Waals surface area contributed by atoms with Crippen LogP contribution in [-0.2, 0) is 6.54 Å². The van der Waals surface area contributed by atoms with Crippen LogP contribution < -0.4 is 30.7 Å². The second-order valence-corrected chi connectivity index (χ2v) is 19.6. The lowest BCUT2D eigenvalue weighted by atomic mass is 9.94. The lowest BCUT2D eigenvalue weighted by molar-refractivity contribution is 0.112. The molecule has 0 saturated carbocycles. The Morgan fingerprint density at radius 2 is 1.14 bits per heavy atom. The number of hydrogen-bond donors (Lipinski definition) is 2. The summed E-state index contributed by atoms with van der Waals surface area (Å²) in [6.45, 7) is 18.0. The maximum atomic E-state index is 10.7. The van der Waals surface area contributed by atoms with E-state index in [-0.39, 0.29) is 18.4 Å². The van der Waals surface area contributed by atoms with E-state index in [0.717, 1.165) is 137 Å². The predicted molar refractivity (Wildman–Crippen MR) is 288 cm³/mol. The number of nitrogens with one attached hydrogen (secondary N) is 1. The standard InChI is InChI=1S/C28H34N6.C16H18N4.C12H16N2O.ClH/c1-21-15-24(31-18-22-5-3-6-25(16-22)33-13-11-32(2)12-14-33)20-34(19-21)27-9-8-23(17-29)28-26(27)7-4-10-30-28;1-11-7-13(18)10-20(9-11)15-5-4-12(8-17)16-14(15)3-2-6-19-16;1-13-5-7-14(8-6-13)12-4-2-3-11(9-12)10-15;/h3-10,16,21,24,31H,11-15,18-20H2,1-2H3;2-6,11,13H,7,9-10,18H2,1H3;2-4,9-10H,5-8H2,1H3;1H/t21-,24+;11-,13+;;/m00../s1. The largest absolute Gasteiger partial charge is 0.369 e. The maximum absolute atomic E-state index is 10.7. The number of nitriles is 2. The SMILES string of the molecule is CN1CCN(c2cccc(C=O)c2)CC1.C[C@H]1C[C@@H](N)CN(c2ccc(C#N)c3ncccc23)C1.C[C@H]1C[C@@H](NCc2cccc(N3CCN(C)CC3)c2)CN(c2ccc(C#N)c3ncccc23)C1.Cl. The Balaban J connectivity index is 0.000000170. The Bertz CT molecular complexity index is 2750. The normalized spacial score (nSPS) is 20.8. The number of fused-ring (bicyclic) bond motifs is 2. The molecule has 0 aliphatic carbocycles. The molecule has 0 bridgehead atoms. The molecule has 2 aromatic heterocycles. The number of likely N-dealkylation sites (N-methyl/N-ethyl adjacent to an activating group) is 2. The molecule has 0 amide bonds. The second-order valence-electron chi connectivity index (χ2n) is 19.6. The van der Waals surface area contributed by atoms with E-state index < -0.39 is 0 Å². The van der Waals surface area contributed by atoms with Crippen LogP contribution >= 0.6 is 12.4 Å². The van der Waals surface area contributed by atoms with Gasteiger partial charge in [0.05, 0.1) is 22.2 Å². The second kappa shape index (κ2) is 24.5. The molecule has 4 atom stereocenters. The summed E-state index contributed by atoms with van der Waals surface area (Å²) in [4.78, 5) is 33.9. The number of halogens is 1. The van der Waals surface area contributed by atoms with Gasteiger partial charge in [-0.3, -0.25) is 14.8 Å². The van der Waals surface area contributed by atoms with Crippen molar-refractivity contribution >= 4 is 63.2 Å². The monoisotopic (exact) mass is 961 g/mol. The Kier molecular flexibility index (Phi) is 18.0. The van der Waals surface area contributed by atoms with Crippen molar-refractivity contribution in [1.82, 2.24) is 25.1 Å². The highest BCUT2D eigenvalue weighted by molar-refractivity contribution is 5.96. The highest BCUT2D eigenvalue weighted by atomic mass is 35.5. The van der Waals surface area contributed by atoms with Crippen molar-refractivity contribution < 1.29 is 4.79 Å². The molecular formula is C56H69ClN12O. The Labute approximate surface area is 420 Å². The molecule has 10 rings (SSSR count). The molecule has 366 valence electrons. The topological polar surface area (TPSA) is 148 Å². The summed E-state index contributed by atoms with van der Waals surface area (Å²) in [5.41, 5.74) is 15.9. The third-order valence-electron chi connectivity index (χ3n) is 14.0. The number of piperazine rings is 2. The van der Waals surface area contributed by atoms with Crippen LogP contribution in [0.5, 0.6) is 0 Å². The maximum Gasteiger partial charge on any atom is 0.150 e. The van der Waals surface area contributed by atoms with Gasteiger partial charge in [-0.05, 0) is 117 Å². The van der Waals surface area contributed by atoms with Gasteiger partial charge in [0.15, 0.2) is 0 Å². The minimum absolute atomic E-state index is 0. The van der Waals surface area contributed by atoms with Crippen LogP contribution in [-0.4, -0.2) is 131 Å². The first-order chi connectivity index (χ1) is 33.6. The number of piperidine rings is 2. The van der Waals surface area contributed by atoms with Crippen molar-refractivity contribution in [3.63, 3.8) is 0 Å². The molecule has 6 heterocycles. The Hall–Kier alpha value is -6.32. The summed E-state index contributed by atoms with van der Waals surface area (Å²) in [6.07, 6.45) is 6.65. The zero-order chi connectivity index (χ0) is 48.3. The average molecular weight is 962 g/mol. The van der Waals surface area contributed by atoms with Crippen LogP contribution in [0.4, 0.5) is 22.7 Å². The molecule has 4 aliphatic heterocycles. The average Bonchev–Trinajstić information content (AvgIpc) is 3.38. The number of pyridine rings is 2. The summed E-state index contributed by atoms with van der Waals surface area (Å²) in [6, 6.07) is 37.8. The molecule has 3 N–H and O–H groups in total. The van der Waals surface area contributed by atoms with E-state index in [1.807, 2.05) is 54.6 Å². The van der Waals surface area contributed by atoms with Crippen molar-refractivity contribution in [2.45, 2.75) is 45.3 Å². The number of benzene rings is 4. The molecule has 0 unspecified atom stereocenters. The number of hydrogen-bond acceptors (Lipinski definition) is 13. The molecule has 0 radical (unpaired) electrons. The minimum Gasteiger partial charge on any atom is -0.369 e. The number of nitrogens with zero attached hydrogens (tertiary/aromatic N) is 10. The first-order valence-corrected chi connectivity index (χ1v) is 24.6. The zero-order valence-electron chi connectivity index (χ0n) is 41.3. The first kappa shape index (κ1) is 51.5. The smallest absolute Gasteiger partial charge is 0.150 e. The molecule has 14 heteroatoms. The van der Waals surface area contributed by atoms with Gasteiger partial charge in [-0.15, -0.1) is 12.4 Å². The molecule has 4 aromatic carbocycles. The Morgan fingerprint density at radius 3 is 1.67 bits per heavy atom. The zero-order valence-corrected chi connectivity index (χ0v) is 42.1. The van der Waals surface area contributed by atoms with Gasteiger partial charge < -0.3 is 40.4 Å². The van der Waals surface area contributed by atoms with Gasteiger partial charge in [0.25, 0.3) is 0 Å². The highest BCUT2D eigenvalue weighted by Crippen LogP contribution is 2.33. The molecule has 70 heavy (non-hydrogen) atoms. The molecule has 4 fully saturated rings. The summed E-state index contributed by atoms with van der Waals surface area (Å²) in [5, 5.41) is 24.6. The number of nitrogens with two attached hydrogens (primary N) is 1. The van der Waals surface area contributed by atoms with Crippen LogP contribution in [0.25, 0.3) is 21.8 Å². The van der Waals surface area contributed by atoms with Crippen molar-refractivity contribution in [3.05, 3.63) is 132 Å². The molecule has 4 aliphatic rings. The van der Waals surface area contributed by atoms with E-state index in [1.165, 1.54) is 23.4 Å². The van der Waals surface area contributed by atoms with Crippen LogP contribution in [0.2, 0.25) is 0 Å². The summed E-state index contributed by atoms with van der Waals surface area (Å²) in [5.74, 6) is 1.17. The Morgan fingerprint density at radius 1 is 0.629 bits per heavy atom. The lowest BCUT2D eigenvalue weighted by Gasteiger charge is -2.39. The van der Waals surface area contributed by atoms with Crippen LogP contribution in [0.15, 0.2) is 109 Å². The molecule has 4 saturated heterocycles. The van der Waals surface area contributed by atoms with Gasteiger partial charge in [0.2, 0.25) is 0 Å². The molecule has 0 spiro atoms. The van der Waals surface area contributed by atoms with E-state index in [2.05, 4.69) is 127 Å².